The van der Waals surface area contributed by atoms with Gasteiger partial charge in [-0.05, 0) is 32.0 Å². The maximum Gasteiger partial charge on any atom is 0.182 e. The van der Waals surface area contributed by atoms with Crippen molar-refractivity contribution in [1.29, 1.82) is 0 Å². The normalized spacial score (nSPS) is 17.3. The van der Waals surface area contributed by atoms with E-state index in [2.05, 4.69) is 21.4 Å². The minimum Gasteiger partial charge on any atom is -0.373 e. The first-order chi connectivity index (χ1) is 9.55. The standard InChI is InChI=1S/C15H17N3OS/c1-5-11-7-6-8-12(9-11)16-14-18-17-13(10-20-14)15(2,3)19-4/h1,6-9H,10H2,2-4H3,(H,16,18). The molecule has 0 unspecified atom stereocenters. The predicted molar refractivity (Wildman–Crippen MR) is 85.6 cm³/mol. The summed E-state index contributed by atoms with van der Waals surface area (Å²) in [5.41, 5.74) is 5.19. The molecule has 5 heteroatoms. The Morgan fingerprint density at radius 1 is 1.50 bits per heavy atom. The number of nitrogens with one attached hydrogen (secondary N) is 1. The van der Waals surface area contributed by atoms with Crippen molar-refractivity contribution in [3.05, 3.63) is 29.8 Å². The van der Waals surface area contributed by atoms with Crippen LogP contribution in [0.5, 0.6) is 0 Å². The number of ether oxygens (including phenoxy) is 1. The second-order valence-electron chi connectivity index (χ2n) is 4.79. The monoisotopic (exact) mass is 287 g/mol. The van der Waals surface area contributed by atoms with Crippen LogP contribution in [0.25, 0.3) is 0 Å². The average molecular weight is 287 g/mol. The van der Waals surface area contributed by atoms with E-state index in [1.165, 1.54) is 0 Å². The minimum atomic E-state index is -0.366. The maximum atomic E-state index is 5.41. The summed E-state index contributed by atoms with van der Waals surface area (Å²) in [5.74, 6) is 3.35. The first-order valence-corrected chi connectivity index (χ1v) is 7.20. The SMILES string of the molecule is C#Cc1cccc(N=C2NN=C(C(C)(C)OC)CS2)c1. The number of methoxy groups -OCH3 is 1. The van der Waals surface area contributed by atoms with Gasteiger partial charge in [0.2, 0.25) is 0 Å². The number of amidine groups is 1. The highest BCUT2D eigenvalue weighted by molar-refractivity contribution is 8.14. The molecule has 0 amide bonds. The molecule has 104 valence electrons. The summed E-state index contributed by atoms with van der Waals surface area (Å²) in [6.45, 7) is 3.99. The van der Waals surface area contributed by atoms with Crippen molar-refractivity contribution in [2.24, 2.45) is 10.1 Å². The van der Waals surface area contributed by atoms with Gasteiger partial charge in [-0.15, -0.1) is 6.42 Å². The van der Waals surface area contributed by atoms with Crippen molar-refractivity contribution in [3.63, 3.8) is 0 Å². The van der Waals surface area contributed by atoms with E-state index in [-0.39, 0.29) is 5.60 Å². The molecule has 4 nitrogen and oxygen atoms in total. The number of thioether (sulfide) groups is 1. The summed E-state index contributed by atoms with van der Waals surface area (Å²) in [7, 11) is 1.68. The van der Waals surface area contributed by atoms with Gasteiger partial charge in [-0.1, -0.05) is 23.7 Å². The van der Waals surface area contributed by atoms with Crippen molar-refractivity contribution in [2.45, 2.75) is 19.4 Å². The van der Waals surface area contributed by atoms with Crippen LogP contribution in [0.1, 0.15) is 19.4 Å². The molecule has 1 aliphatic heterocycles. The lowest BCUT2D eigenvalue weighted by atomic mass is 10.0. The van der Waals surface area contributed by atoms with E-state index >= 15 is 0 Å². The van der Waals surface area contributed by atoms with E-state index in [9.17, 15) is 0 Å². The molecule has 2 rings (SSSR count). The molecule has 0 fully saturated rings. The van der Waals surface area contributed by atoms with Crippen molar-refractivity contribution < 1.29 is 4.74 Å². The number of rotatable bonds is 3. The lowest BCUT2D eigenvalue weighted by Crippen LogP contribution is -2.40. The fourth-order valence-electron chi connectivity index (χ4n) is 1.58. The third-order valence-electron chi connectivity index (χ3n) is 3.08. The maximum absolute atomic E-state index is 5.41. The molecule has 0 aromatic heterocycles. The number of hydrogen-bond acceptors (Lipinski definition) is 4. The number of hydrazone groups is 1. The number of terminal acetylenes is 1. The quantitative estimate of drug-likeness (QED) is 0.870. The Morgan fingerprint density at radius 3 is 2.90 bits per heavy atom. The van der Waals surface area contributed by atoms with Crippen molar-refractivity contribution in [2.75, 3.05) is 12.9 Å². The fraction of sp³-hybridized carbons (Fsp3) is 0.333. The van der Waals surface area contributed by atoms with E-state index in [0.29, 0.717) is 0 Å². The zero-order chi connectivity index (χ0) is 14.6. The van der Waals surface area contributed by atoms with Crippen LogP contribution in [0.4, 0.5) is 5.69 Å². The fourth-order valence-corrected chi connectivity index (χ4v) is 2.55. The Kier molecular flexibility index (Phi) is 4.48. The van der Waals surface area contributed by atoms with Crippen LogP contribution in [0.2, 0.25) is 0 Å². The van der Waals surface area contributed by atoms with Gasteiger partial charge in [0.05, 0.1) is 11.4 Å². The molecule has 0 saturated carbocycles. The highest BCUT2D eigenvalue weighted by Gasteiger charge is 2.27. The topological polar surface area (TPSA) is 46.0 Å². The van der Waals surface area contributed by atoms with Crippen LogP contribution in [-0.4, -0.2) is 29.3 Å². The van der Waals surface area contributed by atoms with E-state index in [0.717, 1.165) is 27.9 Å². The molecule has 1 N–H and O–H groups in total. The Bertz CT molecular complexity index is 599. The molecule has 20 heavy (non-hydrogen) atoms. The van der Waals surface area contributed by atoms with E-state index in [4.69, 9.17) is 11.2 Å². The molecule has 0 saturated heterocycles. The molecule has 0 bridgehead atoms. The lowest BCUT2D eigenvalue weighted by Gasteiger charge is -2.27. The van der Waals surface area contributed by atoms with E-state index in [1.54, 1.807) is 18.9 Å². The van der Waals surface area contributed by atoms with Gasteiger partial charge >= 0.3 is 0 Å². The highest BCUT2D eigenvalue weighted by atomic mass is 32.2. The van der Waals surface area contributed by atoms with Gasteiger partial charge in [0.25, 0.3) is 0 Å². The van der Waals surface area contributed by atoms with Crippen LogP contribution in [-0.2, 0) is 4.74 Å². The average Bonchev–Trinajstić information content (AvgIpc) is 2.48. The second kappa shape index (κ2) is 6.12. The summed E-state index contributed by atoms with van der Waals surface area (Å²) < 4.78 is 5.41. The van der Waals surface area contributed by atoms with Crippen LogP contribution < -0.4 is 5.43 Å². The molecular weight excluding hydrogens is 270 g/mol. The second-order valence-corrected chi connectivity index (χ2v) is 5.75. The highest BCUT2D eigenvalue weighted by Crippen LogP contribution is 2.21. The Hall–Kier alpha value is -1.77. The molecule has 0 atom stereocenters. The van der Waals surface area contributed by atoms with Crippen molar-refractivity contribution >= 4 is 28.3 Å². The summed E-state index contributed by atoms with van der Waals surface area (Å²) in [6.07, 6.45) is 5.38. The number of benzene rings is 1. The minimum absolute atomic E-state index is 0.366. The molecule has 1 aromatic carbocycles. The molecule has 1 aromatic rings. The zero-order valence-corrected chi connectivity index (χ0v) is 12.6. The van der Waals surface area contributed by atoms with Gasteiger partial charge in [-0.2, -0.15) is 5.10 Å². The van der Waals surface area contributed by atoms with Gasteiger partial charge in [-0.3, -0.25) is 5.43 Å². The summed E-state index contributed by atoms with van der Waals surface area (Å²) in [6, 6.07) is 7.55. The molecule has 1 heterocycles. The van der Waals surface area contributed by atoms with Crippen LogP contribution in [0, 0.1) is 12.3 Å². The number of hydrogen-bond donors (Lipinski definition) is 1. The largest absolute Gasteiger partial charge is 0.373 e. The smallest absolute Gasteiger partial charge is 0.182 e. The Morgan fingerprint density at radius 2 is 2.30 bits per heavy atom. The van der Waals surface area contributed by atoms with Crippen molar-refractivity contribution in [3.8, 4) is 12.3 Å². The third-order valence-corrected chi connectivity index (χ3v) is 3.95. The predicted octanol–water partition coefficient (Wildman–Crippen LogP) is 2.77. The first kappa shape index (κ1) is 14.6. The van der Waals surface area contributed by atoms with Gasteiger partial charge in [0.15, 0.2) is 5.17 Å². The Balaban J connectivity index is 2.14. The number of aliphatic imine (C=N–C) groups is 1. The molecular formula is C15H17N3OS. The zero-order valence-electron chi connectivity index (χ0n) is 11.8. The number of nitrogens with zero attached hydrogens (tertiary/aromatic N) is 2. The molecule has 0 spiro atoms. The van der Waals surface area contributed by atoms with Crippen LogP contribution >= 0.6 is 11.8 Å². The summed E-state index contributed by atoms with van der Waals surface area (Å²) in [4.78, 5) is 4.49. The lowest BCUT2D eigenvalue weighted by molar-refractivity contribution is 0.0821. The van der Waals surface area contributed by atoms with E-state index in [1.807, 2.05) is 38.1 Å². The summed E-state index contributed by atoms with van der Waals surface area (Å²) >= 11 is 1.60. The molecule has 1 aliphatic rings. The van der Waals surface area contributed by atoms with Gasteiger partial charge < -0.3 is 4.74 Å². The van der Waals surface area contributed by atoms with Gasteiger partial charge in [0.1, 0.15) is 5.60 Å². The van der Waals surface area contributed by atoms with Gasteiger partial charge in [0, 0.05) is 18.4 Å². The Labute approximate surface area is 123 Å². The van der Waals surface area contributed by atoms with Crippen molar-refractivity contribution in [1.82, 2.24) is 5.43 Å². The molecule has 0 radical (unpaired) electrons. The third kappa shape index (κ3) is 3.41. The van der Waals surface area contributed by atoms with E-state index < -0.39 is 0 Å². The molecule has 0 aliphatic carbocycles. The van der Waals surface area contributed by atoms with Crippen LogP contribution in [0.3, 0.4) is 0 Å². The van der Waals surface area contributed by atoms with Crippen LogP contribution in [0.15, 0.2) is 34.4 Å². The summed E-state index contributed by atoms with van der Waals surface area (Å²) in [5, 5.41) is 5.10. The first-order valence-electron chi connectivity index (χ1n) is 6.21. The van der Waals surface area contributed by atoms with Gasteiger partial charge in [-0.25, -0.2) is 4.99 Å².